The van der Waals surface area contributed by atoms with E-state index in [9.17, 15) is 14.4 Å². The molecule has 0 aliphatic carbocycles. The van der Waals surface area contributed by atoms with Gasteiger partial charge in [0, 0.05) is 43.5 Å². The van der Waals surface area contributed by atoms with Gasteiger partial charge < -0.3 is 9.64 Å². The molecule has 2 aromatic heterocycles. The highest BCUT2D eigenvalue weighted by molar-refractivity contribution is 5.95. The van der Waals surface area contributed by atoms with Crippen LogP contribution in [0.4, 0.5) is 0 Å². The number of amides is 1. The third-order valence-electron chi connectivity index (χ3n) is 6.21. The van der Waals surface area contributed by atoms with E-state index in [-0.39, 0.29) is 35.3 Å². The molecular weight excluding hydrogens is 434 g/mol. The first-order valence-corrected chi connectivity index (χ1v) is 11.9. The highest BCUT2D eigenvalue weighted by atomic mass is 16.5. The number of likely N-dealkylation sites (tertiary alicyclic amines) is 1. The molecule has 0 bridgehead atoms. The second-order valence-corrected chi connectivity index (χ2v) is 8.51. The summed E-state index contributed by atoms with van der Waals surface area (Å²) in [5, 5.41) is 2.78. The lowest BCUT2D eigenvalue weighted by atomic mass is 10.0. The Labute approximate surface area is 198 Å². The third kappa shape index (κ3) is 5.04. The minimum absolute atomic E-state index is 0.0696. The Kier molecular flexibility index (Phi) is 7.42. The van der Waals surface area contributed by atoms with Crippen molar-refractivity contribution in [1.29, 1.82) is 0 Å². The number of nitrogens with zero attached hydrogens (tertiary/aromatic N) is 4. The second kappa shape index (κ2) is 10.6. The number of carbonyl (C=O) groups is 2. The van der Waals surface area contributed by atoms with E-state index in [0.717, 1.165) is 25.8 Å². The number of aromatic amines is 1. The van der Waals surface area contributed by atoms with E-state index in [0.29, 0.717) is 30.9 Å². The molecule has 0 spiro atoms. The van der Waals surface area contributed by atoms with E-state index in [1.165, 1.54) is 16.8 Å². The largest absolute Gasteiger partial charge is 0.462 e. The van der Waals surface area contributed by atoms with Gasteiger partial charge in [0.2, 0.25) is 0 Å². The van der Waals surface area contributed by atoms with E-state index in [1.807, 2.05) is 35.2 Å². The molecule has 180 valence electrons. The molecule has 9 nitrogen and oxygen atoms in total. The summed E-state index contributed by atoms with van der Waals surface area (Å²) in [6.45, 7) is 6.85. The molecule has 0 saturated carbocycles. The molecular formula is C25H31N5O4. The number of esters is 1. The van der Waals surface area contributed by atoms with Crippen molar-refractivity contribution in [2.24, 2.45) is 0 Å². The predicted molar refractivity (Wildman–Crippen MR) is 128 cm³/mol. The first kappa shape index (κ1) is 23.7. The monoisotopic (exact) mass is 465 g/mol. The lowest BCUT2D eigenvalue weighted by molar-refractivity contribution is 0.0527. The van der Waals surface area contributed by atoms with Gasteiger partial charge in [-0.3, -0.25) is 19.6 Å². The standard InChI is InChI=1S/C25H31N5O4/c1-3-12-29(20-10-13-28(14-11-20)24(32)18-8-6-5-7-9-18)17-19-15-22(31)30-23(27-19)21(16-26-30)25(33)34-4-2/h5-9,15-16,20,26H,3-4,10-14,17H2,1-2H3. The quantitative estimate of drug-likeness (QED) is 0.514. The average Bonchev–Trinajstić information content (AvgIpc) is 3.29. The molecule has 3 heterocycles. The molecule has 1 aliphatic rings. The van der Waals surface area contributed by atoms with Crippen LogP contribution in [0.1, 0.15) is 59.5 Å². The van der Waals surface area contributed by atoms with Gasteiger partial charge in [0.1, 0.15) is 5.56 Å². The van der Waals surface area contributed by atoms with Gasteiger partial charge in [-0.1, -0.05) is 25.1 Å². The summed E-state index contributed by atoms with van der Waals surface area (Å²) in [7, 11) is 0. The van der Waals surface area contributed by atoms with Gasteiger partial charge >= 0.3 is 5.97 Å². The summed E-state index contributed by atoms with van der Waals surface area (Å²) in [6, 6.07) is 11.2. The number of nitrogens with one attached hydrogen (secondary N) is 1. The SMILES string of the molecule is CCCN(Cc1cc(=O)n2[nH]cc(C(=O)OCC)c2n1)C1CCN(C(=O)c2ccccc2)CC1. The van der Waals surface area contributed by atoms with Crippen molar-refractivity contribution in [2.45, 2.75) is 45.7 Å². The molecule has 1 amide bonds. The number of piperidine rings is 1. The number of hydrogen-bond donors (Lipinski definition) is 1. The summed E-state index contributed by atoms with van der Waals surface area (Å²) in [5.41, 5.74) is 1.59. The topological polar surface area (TPSA) is 100 Å². The number of H-pyrrole nitrogens is 1. The molecule has 1 saturated heterocycles. The Bertz CT molecular complexity index is 1190. The van der Waals surface area contributed by atoms with Crippen LogP contribution >= 0.6 is 0 Å². The Morgan fingerprint density at radius 1 is 1.18 bits per heavy atom. The predicted octanol–water partition coefficient (Wildman–Crippen LogP) is 2.72. The maximum atomic E-state index is 12.8. The number of hydrogen-bond acceptors (Lipinski definition) is 6. The summed E-state index contributed by atoms with van der Waals surface area (Å²) in [5.74, 6) is -0.439. The summed E-state index contributed by atoms with van der Waals surface area (Å²) in [4.78, 5) is 46.6. The molecule has 1 aromatic carbocycles. The fourth-order valence-electron chi connectivity index (χ4n) is 4.55. The summed E-state index contributed by atoms with van der Waals surface area (Å²) < 4.78 is 6.35. The van der Waals surface area contributed by atoms with Crippen molar-refractivity contribution in [2.75, 3.05) is 26.2 Å². The Morgan fingerprint density at radius 2 is 1.91 bits per heavy atom. The molecule has 9 heteroatoms. The van der Waals surface area contributed by atoms with Crippen LogP contribution in [-0.4, -0.2) is 68.6 Å². The van der Waals surface area contributed by atoms with Crippen LogP contribution in [-0.2, 0) is 11.3 Å². The first-order chi connectivity index (χ1) is 16.5. The molecule has 1 fully saturated rings. The number of carbonyl (C=O) groups excluding carboxylic acids is 2. The fraction of sp³-hybridized carbons (Fsp3) is 0.440. The average molecular weight is 466 g/mol. The van der Waals surface area contributed by atoms with Crippen LogP contribution in [0.15, 0.2) is 47.4 Å². The van der Waals surface area contributed by atoms with E-state index in [4.69, 9.17) is 4.74 Å². The second-order valence-electron chi connectivity index (χ2n) is 8.51. The molecule has 0 radical (unpaired) electrons. The third-order valence-corrected chi connectivity index (χ3v) is 6.21. The number of ether oxygens (including phenoxy) is 1. The maximum absolute atomic E-state index is 12.8. The van der Waals surface area contributed by atoms with E-state index < -0.39 is 5.97 Å². The van der Waals surface area contributed by atoms with Crippen LogP contribution in [0.3, 0.4) is 0 Å². The number of benzene rings is 1. The minimum Gasteiger partial charge on any atom is -0.462 e. The Morgan fingerprint density at radius 3 is 2.59 bits per heavy atom. The molecule has 4 rings (SSSR count). The van der Waals surface area contributed by atoms with Crippen LogP contribution in [0.2, 0.25) is 0 Å². The number of rotatable bonds is 8. The number of fused-ring (bicyclic) bond motifs is 1. The molecule has 3 aromatic rings. The van der Waals surface area contributed by atoms with Crippen molar-refractivity contribution in [3.05, 3.63) is 69.8 Å². The smallest absolute Gasteiger partial charge is 0.343 e. The van der Waals surface area contributed by atoms with Crippen LogP contribution < -0.4 is 5.56 Å². The van der Waals surface area contributed by atoms with Gasteiger partial charge in [-0.25, -0.2) is 14.3 Å². The summed E-state index contributed by atoms with van der Waals surface area (Å²) >= 11 is 0. The van der Waals surface area contributed by atoms with Crippen LogP contribution in [0.5, 0.6) is 0 Å². The lowest BCUT2D eigenvalue weighted by Crippen LogP contribution is -2.47. The van der Waals surface area contributed by atoms with Crippen molar-refractivity contribution < 1.29 is 14.3 Å². The van der Waals surface area contributed by atoms with Gasteiger partial charge in [0.25, 0.3) is 11.5 Å². The maximum Gasteiger partial charge on any atom is 0.343 e. The van der Waals surface area contributed by atoms with Crippen LogP contribution in [0.25, 0.3) is 5.65 Å². The molecule has 0 unspecified atom stereocenters. The van der Waals surface area contributed by atoms with E-state index in [1.54, 1.807) is 6.92 Å². The normalized spacial score (nSPS) is 14.6. The van der Waals surface area contributed by atoms with E-state index >= 15 is 0 Å². The molecule has 34 heavy (non-hydrogen) atoms. The molecule has 1 aliphatic heterocycles. The van der Waals surface area contributed by atoms with Gasteiger partial charge in [-0.05, 0) is 44.9 Å². The Hall–Kier alpha value is -3.46. The van der Waals surface area contributed by atoms with Crippen molar-refractivity contribution in [3.63, 3.8) is 0 Å². The zero-order valence-corrected chi connectivity index (χ0v) is 19.7. The van der Waals surface area contributed by atoms with Crippen molar-refractivity contribution in [3.8, 4) is 0 Å². The van der Waals surface area contributed by atoms with E-state index in [2.05, 4.69) is 21.9 Å². The first-order valence-electron chi connectivity index (χ1n) is 11.9. The zero-order valence-electron chi connectivity index (χ0n) is 19.7. The highest BCUT2D eigenvalue weighted by Crippen LogP contribution is 2.21. The fourth-order valence-corrected chi connectivity index (χ4v) is 4.55. The van der Waals surface area contributed by atoms with Gasteiger partial charge in [0.05, 0.1) is 12.3 Å². The van der Waals surface area contributed by atoms with Gasteiger partial charge in [-0.2, -0.15) is 0 Å². The Balaban J connectivity index is 1.48. The minimum atomic E-state index is -0.508. The zero-order chi connectivity index (χ0) is 24.1. The van der Waals surface area contributed by atoms with Crippen LogP contribution in [0, 0.1) is 0 Å². The lowest BCUT2D eigenvalue weighted by Gasteiger charge is -2.38. The van der Waals surface area contributed by atoms with Crippen molar-refractivity contribution >= 4 is 17.5 Å². The van der Waals surface area contributed by atoms with Gasteiger partial charge in [-0.15, -0.1) is 0 Å². The summed E-state index contributed by atoms with van der Waals surface area (Å²) in [6.07, 6.45) is 4.13. The van der Waals surface area contributed by atoms with Gasteiger partial charge in [0.15, 0.2) is 5.65 Å². The molecule has 1 N–H and O–H groups in total. The number of aromatic nitrogens is 3. The molecule has 0 atom stereocenters. The highest BCUT2D eigenvalue weighted by Gasteiger charge is 2.28. The van der Waals surface area contributed by atoms with Crippen molar-refractivity contribution in [1.82, 2.24) is 24.4 Å².